The number of fused-ring (bicyclic) bond motifs is 2. The topological polar surface area (TPSA) is 207 Å². The number of nitrogens with two attached hydrogens (primary N) is 2. The molecule has 3 unspecified atom stereocenters. The lowest BCUT2D eigenvalue weighted by molar-refractivity contribution is 0.0956. The van der Waals surface area contributed by atoms with E-state index in [9.17, 15) is 13.9 Å². The number of aromatic nitrogens is 5. The third-order valence-electron chi connectivity index (χ3n) is 9.72. The highest BCUT2D eigenvalue weighted by Gasteiger charge is 2.29. The Labute approximate surface area is 362 Å². The second-order valence-electron chi connectivity index (χ2n) is 13.8. The fraction of sp³-hybridized carbons (Fsp3) is 0.268. The van der Waals surface area contributed by atoms with Crippen molar-refractivity contribution in [2.75, 3.05) is 29.5 Å². The minimum absolute atomic E-state index is 0.166. The molecule has 1 aliphatic rings. The van der Waals surface area contributed by atoms with Gasteiger partial charge in [0.2, 0.25) is 8.42 Å². The van der Waals surface area contributed by atoms with E-state index in [1.807, 2.05) is 55.0 Å². The van der Waals surface area contributed by atoms with Crippen molar-refractivity contribution in [3.05, 3.63) is 82.9 Å². The summed E-state index contributed by atoms with van der Waals surface area (Å²) in [6.07, 6.45) is 8.92. The molecule has 1 amide bonds. The van der Waals surface area contributed by atoms with E-state index < -0.39 is 33.2 Å². The third kappa shape index (κ3) is 8.41. The predicted molar refractivity (Wildman–Crippen MR) is 251 cm³/mol. The van der Waals surface area contributed by atoms with Crippen LogP contribution in [-0.4, -0.2) is 63.0 Å². The van der Waals surface area contributed by atoms with Gasteiger partial charge in [-0.25, -0.2) is 24.9 Å². The van der Waals surface area contributed by atoms with E-state index in [1.165, 1.54) is 34.0 Å². The number of amides is 1. The molecule has 0 fully saturated rings. The van der Waals surface area contributed by atoms with Gasteiger partial charge in [0.05, 0.1) is 17.6 Å². The molecular weight excluding hydrogens is 859 g/mol. The van der Waals surface area contributed by atoms with Crippen LogP contribution in [0.3, 0.4) is 0 Å². The summed E-state index contributed by atoms with van der Waals surface area (Å²) in [5.74, 6) is 2.22. The number of nitrogen functional groups attached to an aromatic ring is 2. The van der Waals surface area contributed by atoms with Gasteiger partial charge in [0, 0.05) is 52.0 Å². The minimum atomic E-state index is -1.28. The van der Waals surface area contributed by atoms with Gasteiger partial charge in [0.1, 0.15) is 54.1 Å². The lowest BCUT2D eigenvalue weighted by Crippen LogP contribution is -2.22. The van der Waals surface area contributed by atoms with Crippen molar-refractivity contribution in [1.82, 2.24) is 30.2 Å². The van der Waals surface area contributed by atoms with Crippen molar-refractivity contribution in [3.63, 3.8) is 0 Å². The summed E-state index contributed by atoms with van der Waals surface area (Å²) in [5, 5.41) is 9.98. The average Bonchev–Trinajstić information content (AvgIpc) is 4.11. The standard InChI is InChI=1S/C41H43N9O3S6/c1-4-7-15-58(52)40-33(42)31-25(23-10-9-11-24(18-23)35(51)44-6-3)19-28(50-37(31)55-40)39-46-13-17-57(39)22-30-47-21-29(48-30)26-20-27(36-45-12-14-54-36)49-38-32(26)34(43)41(56-38)59(53)16-8-5-2/h9-14,17-21,57H,4-8,15-16,22,42-43H2,1-3H3,(H,44,51)(H,47,48). The van der Waals surface area contributed by atoms with Gasteiger partial charge in [-0.05, 0) is 82.9 Å². The Morgan fingerprint density at radius 1 is 0.898 bits per heavy atom. The third-order valence-corrected chi connectivity index (χ3v) is 18.5. The van der Waals surface area contributed by atoms with Crippen molar-refractivity contribution >= 4 is 110 Å². The number of pyridine rings is 2. The number of nitrogens with zero attached hydrogens (tertiary/aromatic N) is 5. The highest BCUT2D eigenvalue weighted by atomic mass is 32.2. The van der Waals surface area contributed by atoms with Gasteiger partial charge in [-0.2, -0.15) is 10.9 Å². The number of hydrogen-bond acceptors (Lipinski definition) is 13. The van der Waals surface area contributed by atoms with E-state index in [2.05, 4.69) is 34.5 Å². The monoisotopic (exact) mass is 901 g/mol. The molecule has 1 aliphatic heterocycles. The first kappa shape index (κ1) is 41.5. The van der Waals surface area contributed by atoms with Crippen LogP contribution in [0.2, 0.25) is 0 Å². The van der Waals surface area contributed by atoms with Crippen LogP contribution in [0, 0.1) is 0 Å². The summed E-state index contributed by atoms with van der Waals surface area (Å²) < 4.78 is 28.1. The number of aliphatic imine (C=N–C) groups is 1. The lowest BCUT2D eigenvalue weighted by Gasteiger charge is -2.16. The van der Waals surface area contributed by atoms with Crippen LogP contribution in [0.5, 0.6) is 0 Å². The number of aromatic amines is 1. The maximum Gasteiger partial charge on any atom is 0.251 e. The van der Waals surface area contributed by atoms with Gasteiger partial charge in [-0.3, -0.25) is 4.79 Å². The fourth-order valence-electron chi connectivity index (χ4n) is 6.79. The van der Waals surface area contributed by atoms with E-state index in [0.717, 1.165) is 74.7 Å². The first-order chi connectivity index (χ1) is 28.7. The van der Waals surface area contributed by atoms with Gasteiger partial charge in [0.15, 0.2) is 0 Å². The molecule has 0 bridgehead atoms. The van der Waals surface area contributed by atoms with E-state index in [0.29, 0.717) is 70.2 Å². The molecule has 18 heteroatoms. The number of anilines is 2. The Balaban J connectivity index is 1.16. The summed E-state index contributed by atoms with van der Waals surface area (Å²) in [5.41, 5.74) is 19.7. The predicted octanol–water partition coefficient (Wildman–Crippen LogP) is 9.25. The van der Waals surface area contributed by atoms with Crippen molar-refractivity contribution in [2.45, 2.75) is 60.6 Å². The number of hydrogen-bond donors (Lipinski definition) is 5. The Hall–Kier alpha value is -4.27. The number of nitrogens with one attached hydrogen (secondary N) is 2. The second-order valence-corrected chi connectivity index (χ2v) is 22.2. The molecule has 3 atom stereocenters. The highest BCUT2D eigenvalue weighted by molar-refractivity contribution is 8.32. The largest absolute Gasteiger partial charge is 0.611 e. The van der Waals surface area contributed by atoms with Gasteiger partial charge < -0.3 is 30.9 Å². The fourth-order valence-corrected chi connectivity index (χ4v) is 14.7. The second kappa shape index (κ2) is 18.1. The SMILES string of the molecule is CCCC[S+]([O-])c1sc2nc(C3=NC=C[SH]3Cc3ncc(-c4cc(-c5nccs5)nc5sc([S+]([O-])CCCC)c(N)c45)[nH]3)cc(-c3cccc(C(=O)NCC)c3)c2c1N. The molecule has 12 nitrogen and oxygen atoms in total. The van der Waals surface area contributed by atoms with Crippen molar-refractivity contribution < 1.29 is 13.9 Å². The van der Waals surface area contributed by atoms with Crippen LogP contribution < -0.4 is 16.8 Å². The van der Waals surface area contributed by atoms with Crippen LogP contribution in [0.25, 0.3) is 53.5 Å². The molecule has 0 saturated heterocycles. The lowest BCUT2D eigenvalue weighted by atomic mass is 9.99. The number of unbranched alkanes of at least 4 members (excludes halogenated alkanes) is 2. The van der Waals surface area contributed by atoms with E-state index >= 15 is 0 Å². The smallest absolute Gasteiger partial charge is 0.251 e. The summed E-state index contributed by atoms with van der Waals surface area (Å²) in [4.78, 5) is 42.1. The number of rotatable bonds is 16. The molecule has 0 spiro atoms. The van der Waals surface area contributed by atoms with Gasteiger partial charge in [-0.15, -0.1) is 11.3 Å². The van der Waals surface area contributed by atoms with E-state index in [4.69, 9.17) is 31.4 Å². The number of benzene rings is 1. The van der Waals surface area contributed by atoms with E-state index in [1.54, 1.807) is 12.3 Å². The van der Waals surface area contributed by atoms with Crippen molar-refractivity contribution in [3.8, 4) is 33.1 Å². The first-order valence-corrected chi connectivity index (χ1v) is 26.0. The van der Waals surface area contributed by atoms with Crippen LogP contribution in [0.15, 0.2) is 79.2 Å². The number of carbonyl (C=O) groups excluding carboxylic acids is 1. The van der Waals surface area contributed by atoms with Crippen molar-refractivity contribution in [2.24, 2.45) is 4.99 Å². The van der Waals surface area contributed by atoms with Gasteiger partial charge in [-0.1, -0.05) is 61.5 Å². The number of thiazole rings is 1. The van der Waals surface area contributed by atoms with Crippen LogP contribution in [-0.2, 0) is 28.1 Å². The Bertz CT molecular complexity index is 2710. The zero-order valence-electron chi connectivity index (χ0n) is 32.6. The average molecular weight is 902 g/mol. The van der Waals surface area contributed by atoms with E-state index in [-0.39, 0.29) is 5.91 Å². The molecule has 0 saturated carbocycles. The summed E-state index contributed by atoms with van der Waals surface area (Å²) >= 11 is 1.73. The van der Waals surface area contributed by atoms with Crippen LogP contribution in [0.1, 0.15) is 68.3 Å². The summed E-state index contributed by atoms with van der Waals surface area (Å²) in [7, 11) is -1.00. The molecule has 59 heavy (non-hydrogen) atoms. The maximum absolute atomic E-state index is 13.5. The van der Waals surface area contributed by atoms with Gasteiger partial charge >= 0.3 is 0 Å². The molecule has 8 rings (SSSR count). The molecule has 1 aromatic carbocycles. The molecule has 7 aromatic rings. The zero-order chi connectivity index (χ0) is 41.2. The number of imidazole rings is 1. The molecule has 7 heterocycles. The number of thiophene rings is 2. The zero-order valence-corrected chi connectivity index (χ0v) is 37.6. The Morgan fingerprint density at radius 2 is 1.58 bits per heavy atom. The Morgan fingerprint density at radius 3 is 2.24 bits per heavy atom. The minimum Gasteiger partial charge on any atom is -0.611 e. The number of H-pyrrole nitrogens is 1. The Kier molecular flexibility index (Phi) is 12.8. The maximum atomic E-state index is 13.5. The quantitative estimate of drug-likeness (QED) is 0.0462. The number of carbonyl (C=O) groups is 1. The molecule has 306 valence electrons. The summed E-state index contributed by atoms with van der Waals surface area (Å²) in [6.45, 7) is 6.55. The van der Waals surface area contributed by atoms with Gasteiger partial charge in [0.25, 0.3) is 5.91 Å². The van der Waals surface area contributed by atoms with Crippen molar-refractivity contribution in [1.29, 1.82) is 0 Å². The van der Waals surface area contributed by atoms with Crippen LogP contribution >= 0.6 is 44.9 Å². The number of thiol groups is 1. The molecule has 6 aromatic heterocycles. The van der Waals surface area contributed by atoms with Crippen LogP contribution in [0.4, 0.5) is 11.4 Å². The molecular formula is C41H43N9O3S6. The molecule has 0 aliphatic carbocycles. The first-order valence-electron chi connectivity index (χ1n) is 19.3. The highest BCUT2D eigenvalue weighted by Crippen LogP contribution is 2.47. The molecule has 6 N–H and O–H groups in total. The normalized spacial score (nSPS) is 15.6. The summed E-state index contributed by atoms with van der Waals surface area (Å²) in [6, 6.07) is 11.4. The molecule has 0 radical (unpaired) electrons.